The van der Waals surface area contributed by atoms with Crippen LogP contribution in [0.5, 0.6) is 0 Å². The number of carboxylic acids is 1. The molecule has 1 aromatic carbocycles. The van der Waals surface area contributed by atoms with Gasteiger partial charge in [-0.25, -0.2) is 13.6 Å². The van der Waals surface area contributed by atoms with Gasteiger partial charge in [0.15, 0.2) is 0 Å². The average molecular weight is 231 g/mol. The minimum Gasteiger partial charge on any atom is -0.480 e. The maximum atomic E-state index is 13.2. The molecule has 0 aliphatic carbocycles. The van der Waals surface area contributed by atoms with Crippen LogP contribution in [-0.4, -0.2) is 24.3 Å². The van der Waals surface area contributed by atoms with Gasteiger partial charge in [0.1, 0.15) is 18.2 Å². The summed E-state index contributed by atoms with van der Waals surface area (Å²) in [4.78, 5) is 10.1. The average Bonchev–Trinajstić information content (AvgIpc) is 2.21. The fourth-order valence-corrected chi connectivity index (χ4v) is 1.16. The minimum absolute atomic E-state index is 0.0367. The highest BCUT2D eigenvalue weighted by molar-refractivity contribution is 5.67. The normalized spacial score (nSPS) is 12.4. The Bertz CT molecular complexity index is 384. The first-order valence-corrected chi connectivity index (χ1v) is 4.50. The summed E-state index contributed by atoms with van der Waals surface area (Å²) in [5.74, 6) is -2.40. The molecule has 0 saturated heterocycles. The zero-order valence-corrected chi connectivity index (χ0v) is 8.32. The Balaban J connectivity index is 2.61. The quantitative estimate of drug-likeness (QED) is 0.794. The molecule has 0 aliphatic heterocycles. The highest BCUT2D eigenvalue weighted by atomic mass is 19.1. The molecule has 1 rings (SSSR count). The standard InChI is InChI=1S/C10H11F2NO3/c11-6-1-2-8(12)7(3-6)9(13)4-16-5-10(14)15/h1-3,9H,4-5,13H2,(H,14,15). The van der Waals surface area contributed by atoms with Crippen LogP contribution in [-0.2, 0) is 9.53 Å². The molecule has 0 saturated carbocycles. The van der Waals surface area contributed by atoms with Crippen molar-refractivity contribution < 1.29 is 23.4 Å². The molecule has 0 aromatic heterocycles. The van der Waals surface area contributed by atoms with E-state index in [0.717, 1.165) is 18.2 Å². The van der Waals surface area contributed by atoms with Gasteiger partial charge >= 0.3 is 5.97 Å². The van der Waals surface area contributed by atoms with Gasteiger partial charge in [0, 0.05) is 5.56 Å². The number of benzene rings is 1. The zero-order chi connectivity index (χ0) is 12.1. The van der Waals surface area contributed by atoms with E-state index in [-0.39, 0.29) is 12.2 Å². The van der Waals surface area contributed by atoms with Crippen LogP contribution in [0.1, 0.15) is 11.6 Å². The van der Waals surface area contributed by atoms with Gasteiger partial charge in [0.05, 0.1) is 12.6 Å². The van der Waals surface area contributed by atoms with Crippen molar-refractivity contribution in [2.45, 2.75) is 6.04 Å². The summed E-state index contributed by atoms with van der Waals surface area (Å²) in [5.41, 5.74) is 5.49. The Morgan fingerprint density at radius 1 is 1.50 bits per heavy atom. The van der Waals surface area contributed by atoms with E-state index >= 15 is 0 Å². The number of carbonyl (C=O) groups is 1. The fraction of sp³-hybridized carbons (Fsp3) is 0.300. The molecule has 0 amide bonds. The van der Waals surface area contributed by atoms with E-state index < -0.39 is 30.3 Å². The molecule has 3 N–H and O–H groups in total. The molecule has 6 heteroatoms. The van der Waals surface area contributed by atoms with E-state index in [2.05, 4.69) is 0 Å². The summed E-state index contributed by atoms with van der Waals surface area (Å²) < 4.78 is 30.7. The van der Waals surface area contributed by atoms with Crippen LogP contribution in [0, 0.1) is 11.6 Å². The third-order valence-corrected chi connectivity index (χ3v) is 1.88. The lowest BCUT2D eigenvalue weighted by atomic mass is 10.1. The van der Waals surface area contributed by atoms with Crippen LogP contribution in [0.3, 0.4) is 0 Å². The van der Waals surface area contributed by atoms with Gasteiger partial charge in [-0.1, -0.05) is 0 Å². The van der Waals surface area contributed by atoms with Gasteiger partial charge in [0.2, 0.25) is 0 Å². The van der Waals surface area contributed by atoms with Crippen LogP contribution in [0.4, 0.5) is 8.78 Å². The fourth-order valence-electron chi connectivity index (χ4n) is 1.16. The van der Waals surface area contributed by atoms with Crippen LogP contribution in [0.2, 0.25) is 0 Å². The Kier molecular flexibility index (Phi) is 4.33. The third-order valence-electron chi connectivity index (χ3n) is 1.88. The first kappa shape index (κ1) is 12.5. The molecule has 1 unspecified atom stereocenters. The first-order valence-electron chi connectivity index (χ1n) is 4.50. The maximum Gasteiger partial charge on any atom is 0.329 e. The van der Waals surface area contributed by atoms with Crippen molar-refractivity contribution in [1.29, 1.82) is 0 Å². The Labute approximate surface area is 90.6 Å². The SMILES string of the molecule is NC(COCC(=O)O)c1cc(F)ccc1F. The van der Waals surface area contributed by atoms with Crippen molar-refractivity contribution in [2.75, 3.05) is 13.2 Å². The largest absolute Gasteiger partial charge is 0.480 e. The van der Waals surface area contributed by atoms with E-state index in [1.807, 2.05) is 0 Å². The smallest absolute Gasteiger partial charge is 0.329 e. The maximum absolute atomic E-state index is 13.2. The van der Waals surface area contributed by atoms with Crippen LogP contribution < -0.4 is 5.73 Å². The second-order valence-electron chi connectivity index (χ2n) is 3.18. The lowest BCUT2D eigenvalue weighted by Crippen LogP contribution is -2.21. The van der Waals surface area contributed by atoms with Crippen molar-refractivity contribution in [3.8, 4) is 0 Å². The summed E-state index contributed by atoms with van der Waals surface area (Å²) in [6.07, 6.45) is 0. The van der Waals surface area contributed by atoms with Gasteiger partial charge in [-0.3, -0.25) is 0 Å². The molecular weight excluding hydrogens is 220 g/mol. The van der Waals surface area contributed by atoms with Crippen LogP contribution in [0.15, 0.2) is 18.2 Å². The number of carboxylic acid groups (broad SMARTS) is 1. The van der Waals surface area contributed by atoms with Crippen molar-refractivity contribution in [2.24, 2.45) is 5.73 Å². The van der Waals surface area contributed by atoms with Crippen molar-refractivity contribution >= 4 is 5.97 Å². The number of rotatable bonds is 5. The summed E-state index contributed by atoms with van der Waals surface area (Å²) in [5, 5.41) is 8.30. The van der Waals surface area contributed by atoms with Crippen molar-refractivity contribution in [3.05, 3.63) is 35.4 Å². The molecule has 1 aromatic rings. The van der Waals surface area contributed by atoms with E-state index in [0.29, 0.717) is 0 Å². The van der Waals surface area contributed by atoms with Gasteiger partial charge in [-0.2, -0.15) is 0 Å². The highest BCUT2D eigenvalue weighted by Crippen LogP contribution is 2.16. The number of aliphatic carboxylic acids is 1. The van der Waals surface area contributed by atoms with Gasteiger partial charge in [0.25, 0.3) is 0 Å². The molecule has 1 atom stereocenters. The lowest BCUT2D eigenvalue weighted by Gasteiger charge is -2.12. The van der Waals surface area contributed by atoms with Crippen molar-refractivity contribution in [3.63, 3.8) is 0 Å². The predicted octanol–water partition coefficient (Wildman–Crippen LogP) is 1.07. The highest BCUT2D eigenvalue weighted by Gasteiger charge is 2.13. The molecule has 0 bridgehead atoms. The molecule has 0 aliphatic rings. The zero-order valence-electron chi connectivity index (χ0n) is 8.32. The number of halogens is 2. The predicted molar refractivity (Wildman–Crippen MR) is 51.7 cm³/mol. The number of hydrogen-bond donors (Lipinski definition) is 2. The first-order chi connectivity index (χ1) is 7.50. The molecule has 0 spiro atoms. The molecule has 16 heavy (non-hydrogen) atoms. The second-order valence-corrected chi connectivity index (χ2v) is 3.18. The number of ether oxygens (including phenoxy) is 1. The lowest BCUT2D eigenvalue weighted by molar-refractivity contribution is -0.142. The van der Waals surface area contributed by atoms with Gasteiger partial charge in [-0.05, 0) is 18.2 Å². The molecule has 0 fully saturated rings. The van der Waals surface area contributed by atoms with Crippen LogP contribution >= 0.6 is 0 Å². The topological polar surface area (TPSA) is 72.5 Å². The Hall–Kier alpha value is -1.53. The van der Waals surface area contributed by atoms with E-state index in [4.69, 9.17) is 15.6 Å². The Morgan fingerprint density at radius 3 is 2.81 bits per heavy atom. The third kappa shape index (κ3) is 3.56. The summed E-state index contributed by atoms with van der Waals surface area (Å²) in [6.45, 7) is -0.711. The summed E-state index contributed by atoms with van der Waals surface area (Å²) in [6, 6.07) is 2.00. The number of hydrogen-bond acceptors (Lipinski definition) is 3. The van der Waals surface area contributed by atoms with E-state index in [1.54, 1.807) is 0 Å². The minimum atomic E-state index is -1.15. The summed E-state index contributed by atoms with van der Waals surface area (Å²) >= 11 is 0. The van der Waals surface area contributed by atoms with Crippen LogP contribution in [0.25, 0.3) is 0 Å². The molecule has 88 valence electrons. The monoisotopic (exact) mass is 231 g/mol. The molecular formula is C10H11F2NO3. The molecule has 0 radical (unpaired) electrons. The van der Waals surface area contributed by atoms with Gasteiger partial charge < -0.3 is 15.6 Å². The number of nitrogens with two attached hydrogens (primary N) is 1. The second kappa shape index (κ2) is 5.53. The van der Waals surface area contributed by atoms with Crippen molar-refractivity contribution in [1.82, 2.24) is 0 Å². The van der Waals surface area contributed by atoms with Gasteiger partial charge in [-0.15, -0.1) is 0 Å². The van der Waals surface area contributed by atoms with E-state index in [1.165, 1.54) is 0 Å². The molecule has 0 heterocycles. The van der Waals surface area contributed by atoms with E-state index in [9.17, 15) is 13.6 Å². The Morgan fingerprint density at radius 2 is 2.19 bits per heavy atom. The summed E-state index contributed by atoms with van der Waals surface area (Å²) in [7, 11) is 0. The molecule has 4 nitrogen and oxygen atoms in total.